The molecule has 27 heteroatoms. The summed E-state index contributed by atoms with van der Waals surface area (Å²) in [4.78, 5) is 153. The number of hydrogen-bond acceptors (Lipinski definition) is 19. The van der Waals surface area contributed by atoms with Crippen LogP contribution in [0.25, 0.3) is 0 Å². The Morgan fingerprint density at radius 2 is 1.18 bits per heavy atom. The summed E-state index contributed by atoms with van der Waals surface area (Å²) < 4.78 is 0. The minimum atomic E-state index is -1.73. The third-order valence-electron chi connectivity index (χ3n) is 14.1. The van der Waals surface area contributed by atoms with Crippen LogP contribution in [0.3, 0.4) is 0 Å². The van der Waals surface area contributed by atoms with Crippen LogP contribution in [0.15, 0.2) is 30.3 Å². The molecule has 82 heavy (non-hydrogen) atoms. The largest absolute Gasteiger partial charge is 0.396 e. The molecule has 1 aromatic carbocycles. The summed E-state index contributed by atoms with van der Waals surface area (Å²) in [6, 6.07) is -2.67. The van der Waals surface area contributed by atoms with Crippen LogP contribution >= 0.6 is 0 Å². The van der Waals surface area contributed by atoms with E-state index >= 15 is 0 Å². The normalized spacial score (nSPS) is 23.4. The molecule has 0 aliphatic carbocycles. The van der Waals surface area contributed by atoms with Gasteiger partial charge in [0.25, 0.3) is 0 Å². The molecule has 1 aliphatic rings. The number of amides is 8. The maximum Gasteiger partial charge on any atom is 0.245 e. The molecule has 0 radical (unpaired) electrons. The molecule has 8 amide bonds. The van der Waals surface area contributed by atoms with Crippen molar-refractivity contribution < 1.29 is 73.2 Å². The molecule has 27 nitrogen and oxygen atoms in total. The molecule has 0 bridgehead atoms. The van der Waals surface area contributed by atoms with Gasteiger partial charge in [0.05, 0.1) is 36.9 Å². The third-order valence-corrected chi connectivity index (χ3v) is 14.1. The maximum absolute atomic E-state index is 14.4. The number of carbonyl (C=O) groups is 11. The quantitative estimate of drug-likeness (QED) is 0.0338. The SMILES string of the molecule is CCCCCCCC(=O)C[C@@H](CCN)C(=O)N[C@H](C(=O)C[C@H](CO)C(=O)N[C@H]1CCNC(=O)[C@H]([C@@H](C)O)NC(=O)[C@H](CCN)NC(=O)[C@H](CCN)NC(=O)[C@H]([C@@H](C)O)NC(=O)[C@@H](Cc2ccccc2)CC(=O)[C@H](CCN)NC1=O)[C@@H](C)O. The summed E-state index contributed by atoms with van der Waals surface area (Å²) in [6.45, 7) is 3.66. The van der Waals surface area contributed by atoms with E-state index in [9.17, 15) is 73.2 Å². The van der Waals surface area contributed by atoms with Gasteiger partial charge in [-0.2, -0.15) is 0 Å². The fourth-order valence-electron chi connectivity index (χ4n) is 9.22. The van der Waals surface area contributed by atoms with E-state index in [2.05, 4.69) is 49.5 Å². The van der Waals surface area contributed by atoms with Gasteiger partial charge in [0.1, 0.15) is 42.0 Å². The maximum atomic E-state index is 14.4. The van der Waals surface area contributed by atoms with Gasteiger partial charge >= 0.3 is 0 Å². The van der Waals surface area contributed by atoms with Crippen LogP contribution in [0.1, 0.15) is 123 Å². The summed E-state index contributed by atoms with van der Waals surface area (Å²) in [6.07, 6.45) is -2.63. The highest BCUT2D eigenvalue weighted by Gasteiger charge is 2.38. The average Bonchev–Trinajstić information content (AvgIpc) is 3.49. The highest BCUT2D eigenvalue weighted by Crippen LogP contribution is 2.19. The number of rotatable bonds is 29. The molecule has 1 fully saturated rings. The smallest absolute Gasteiger partial charge is 0.245 e. The van der Waals surface area contributed by atoms with Crippen LogP contribution in [0.5, 0.6) is 0 Å². The molecule has 1 heterocycles. The van der Waals surface area contributed by atoms with Crippen LogP contribution in [0.4, 0.5) is 0 Å². The molecule has 1 aliphatic heterocycles. The first-order valence-electron chi connectivity index (χ1n) is 28.4. The van der Waals surface area contributed by atoms with Crippen LogP contribution in [0, 0.1) is 17.8 Å². The Labute approximate surface area is 479 Å². The molecule has 1 saturated heterocycles. The number of unbranched alkanes of at least 4 members (excludes halogenated alkanes) is 4. The Bertz CT molecular complexity index is 2240. The topological polar surface area (TPSA) is 469 Å². The molecule has 0 aromatic heterocycles. The van der Waals surface area contributed by atoms with Gasteiger partial charge < -0.3 is 85.9 Å². The van der Waals surface area contributed by atoms with Gasteiger partial charge in [0.2, 0.25) is 47.3 Å². The van der Waals surface area contributed by atoms with E-state index in [1.54, 1.807) is 30.3 Å². The van der Waals surface area contributed by atoms with Crippen molar-refractivity contribution in [2.45, 2.75) is 185 Å². The first-order chi connectivity index (χ1) is 39.0. The highest BCUT2D eigenvalue weighted by molar-refractivity contribution is 5.99. The summed E-state index contributed by atoms with van der Waals surface area (Å²) in [5.41, 5.74) is 23.9. The molecule has 462 valence electrons. The van der Waals surface area contributed by atoms with Crippen LogP contribution in [0.2, 0.25) is 0 Å². The van der Waals surface area contributed by atoms with E-state index in [-0.39, 0.29) is 76.9 Å². The molecular formula is C55H92N12O15. The average molecular weight is 1160 g/mol. The van der Waals surface area contributed by atoms with Crippen molar-refractivity contribution in [2.75, 3.05) is 39.3 Å². The highest BCUT2D eigenvalue weighted by atomic mass is 16.3. The molecular weight excluding hydrogens is 1070 g/mol. The lowest BCUT2D eigenvalue weighted by molar-refractivity contribution is -0.138. The zero-order chi connectivity index (χ0) is 61.5. The summed E-state index contributed by atoms with van der Waals surface area (Å²) in [5.74, 6) is -13.4. The van der Waals surface area contributed by atoms with Crippen molar-refractivity contribution in [3.8, 4) is 0 Å². The first-order valence-corrected chi connectivity index (χ1v) is 28.4. The number of carbonyl (C=O) groups excluding carboxylic acids is 11. The van der Waals surface area contributed by atoms with Crippen molar-refractivity contribution in [1.29, 1.82) is 0 Å². The van der Waals surface area contributed by atoms with Gasteiger partial charge in [-0.15, -0.1) is 0 Å². The van der Waals surface area contributed by atoms with Crippen molar-refractivity contribution in [2.24, 2.45) is 40.7 Å². The van der Waals surface area contributed by atoms with E-state index in [0.717, 1.165) is 25.7 Å². The lowest BCUT2D eigenvalue weighted by Gasteiger charge is -2.28. The van der Waals surface area contributed by atoms with Crippen LogP contribution in [-0.2, 0) is 59.2 Å². The molecule has 0 saturated carbocycles. The Morgan fingerprint density at radius 3 is 1.74 bits per heavy atom. The van der Waals surface area contributed by atoms with E-state index in [1.807, 2.05) is 0 Å². The van der Waals surface area contributed by atoms with Gasteiger partial charge in [-0.3, -0.25) is 52.7 Å². The van der Waals surface area contributed by atoms with Crippen molar-refractivity contribution in [3.63, 3.8) is 0 Å². The van der Waals surface area contributed by atoms with E-state index in [4.69, 9.17) is 22.9 Å². The van der Waals surface area contributed by atoms with Crippen molar-refractivity contribution >= 4 is 64.6 Å². The van der Waals surface area contributed by atoms with Gasteiger partial charge in [0, 0.05) is 44.1 Å². The van der Waals surface area contributed by atoms with Gasteiger partial charge in [-0.25, -0.2) is 0 Å². The van der Waals surface area contributed by atoms with Crippen LogP contribution in [-0.4, -0.2) is 185 Å². The fraction of sp³-hybridized carbons (Fsp3) is 0.691. The number of hydrogen-bond donors (Lipinski definition) is 16. The monoisotopic (exact) mass is 1160 g/mol. The molecule has 1 aromatic rings. The molecule has 13 atom stereocenters. The number of ketones is 3. The fourth-order valence-corrected chi connectivity index (χ4v) is 9.22. The standard InChI is InChI=1S/C55H92N12O15/c1-5-6-7-8-12-15-38(72)27-35(16-21-56)48(75)65-45(31(2)69)44(74)29-37(30-68)50(77)62-42-20-25-60-54(81)46(32(3)70)67-53(80)41(19-24-59)63-51(78)40(18-23-58)64-55(82)47(33(4)71)66-49(76)36(26-34-13-10-9-11-14-34)28-43(73)39(17-22-57)61-52(42)79/h9-11,13-14,31-33,35-37,39-42,45-47,68-71H,5-8,12,15-30,56-59H2,1-4H3,(H,60,81)(H,61,79)(H,62,77)(H,63,78)(H,64,82)(H,65,75)(H,66,76)(H,67,80)/t31-,32-,33-,35-,36+,37-,39+,40+,41+,42+,45+,46+,47+/m1/s1. The molecule has 0 spiro atoms. The summed E-state index contributed by atoms with van der Waals surface area (Å²) in [5, 5.41) is 62.5. The number of nitrogens with two attached hydrogens (primary N) is 4. The van der Waals surface area contributed by atoms with Gasteiger partial charge in [0.15, 0.2) is 11.6 Å². The van der Waals surface area contributed by atoms with Crippen molar-refractivity contribution in [3.05, 3.63) is 35.9 Å². The molecule has 2 rings (SSSR count). The van der Waals surface area contributed by atoms with Crippen molar-refractivity contribution in [1.82, 2.24) is 42.5 Å². The van der Waals surface area contributed by atoms with E-state index in [0.29, 0.717) is 12.0 Å². The number of Topliss-reactive ketones (excluding diaryl/α,β-unsaturated/α-hetero) is 3. The number of nitrogens with one attached hydrogen (secondary N) is 8. The second-order valence-electron chi connectivity index (χ2n) is 21.0. The summed E-state index contributed by atoms with van der Waals surface area (Å²) in [7, 11) is 0. The van der Waals surface area contributed by atoms with E-state index < -0.39 is 170 Å². The van der Waals surface area contributed by atoms with E-state index in [1.165, 1.54) is 20.8 Å². The predicted octanol–water partition coefficient (Wildman–Crippen LogP) is -4.24. The Kier molecular flexibility index (Phi) is 33.7. The second-order valence-corrected chi connectivity index (χ2v) is 21.0. The predicted molar refractivity (Wildman–Crippen MR) is 301 cm³/mol. The third kappa shape index (κ3) is 25.0. The number of aliphatic hydroxyl groups excluding tert-OH is 4. The lowest BCUT2D eigenvalue weighted by atomic mass is 9.90. The zero-order valence-electron chi connectivity index (χ0n) is 47.8. The Morgan fingerprint density at radius 1 is 0.634 bits per heavy atom. The van der Waals surface area contributed by atoms with Gasteiger partial charge in [-0.05, 0) is 97.5 Å². The Balaban J connectivity index is 2.64. The minimum absolute atomic E-state index is 0.0324. The van der Waals surface area contributed by atoms with Crippen LogP contribution < -0.4 is 65.5 Å². The lowest BCUT2D eigenvalue weighted by Crippen LogP contribution is -2.61. The number of aliphatic hydroxyl groups is 4. The molecule has 0 unspecified atom stereocenters. The minimum Gasteiger partial charge on any atom is -0.396 e. The number of benzene rings is 1. The second kappa shape index (κ2) is 38.4. The zero-order valence-corrected chi connectivity index (χ0v) is 47.8. The molecule has 20 N–H and O–H groups in total. The Hall–Kier alpha value is -6.33. The summed E-state index contributed by atoms with van der Waals surface area (Å²) >= 11 is 0. The van der Waals surface area contributed by atoms with Gasteiger partial charge in [-0.1, -0.05) is 62.9 Å². The first kappa shape index (κ1) is 71.8.